The Labute approximate surface area is 136 Å². The van der Waals surface area contributed by atoms with Crippen molar-refractivity contribution in [2.45, 2.75) is 23.0 Å². The summed E-state index contributed by atoms with van der Waals surface area (Å²) in [6.07, 6.45) is 0. The van der Waals surface area contributed by atoms with Crippen LogP contribution < -0.4 is 5.73 Å². The Kier molecular flexibility index (Phi) is 4.04. The number of rotatable bonds is 5. The molecule has 1 saturated carbocycles. The minimum atomic E-state index is -3.55. The summed E-state index contributed by atoms with van der Waals surface area (Å²) >= 11 is 0. The standard InChI is InChI=1S/C18H21NO3S/c1-13-7-9-14(10-8-13)16-17(18(16,11-19)12-20)23(21,22)15-5-3-2-4-6-15/h2-10,16-17,20H,11-12,19H2,1H3/t16-,17+,18-/m1/s1. The van der Waals surface area contributed by atoms with Crippen molar-refractivity contribution in [3.05, 3.63) is 65.7 Å². The van der Waals surface area contributed by atoms with Crippen LogP contribution >= 0.6 is 0 Å². The lowest BCUT2D eigenvalue weighted by molar-refractivity contribution is 0.212. The highest BCUT2D eigenvalue weighted by atomic mass is 32.2. The molecule has 0 bridgehead atoms. The van der Waals surface area contributed by atoms with E-state index in [4.69, 9.17) is 5.73 Å². The van der Waals surface area contributed by atoms with Crippen molar-refractivity contribution in [3.8, 4) is 0 Å². The number of aryl methyl sites for hydroxylation is 1. The minimum Gasteiger partial charge on any atom is -0.396 e. The molecule has 4 nitrogen and oxygen atoms in total. The zero-order valence-corrected chi connectivity index (χ0v) is 13.8. The summed E-state index contributed by atoms with van der Waals surface area (Å²) in [5.74, 6) is -0.275. The van der Waals surface area contributed by atoms with Gasteiger partial charge in [0.05, 0.1) is 16.8 Å². The first-order chi connectivity index (χ1) is 11.0. The second kappa shape index (κ2) is 5.74. The lowest BCUT2D eigenvalue weighted by Crippen LogP contribution is -2.27. The van der Waals surface area contributed by atoms with Crippen molar-refractivity contribution in [2.75, 3.05) is 13.2 Å². The lowest BCUT2D eigenvalue weighted by Gasteiger charge is -2.12. The third-order valence-corrected chi connectivity index (χ3v) is 7.24. The van der Waals surface area contributed by atoms with Crippen LogP contribution in [0.4, 0.5) is 0 Å². The van der Waals surface area contributed by atoms with Gasteiger partial charge in [0.15, 0.2) is 9.84 Å². The van der Waals surface area contributed by atoms with Crippen molar-refractivity contribution < 1.29 is 13.5 Å². The fourth-order valence-corrected chi connectivity index (χ4v) is 5.95. The maximum absolute atomic E-state index is 13.0. The van der Waals surface area contributed by atoms with Gasteiger partial charge in [-0.05, 0) is 24.6 Å². The Hall–Kier alpha value is -1.69. The molecule has 0 spiro atoms. The Morgan fingerprint density at radius 3 is 2.22 bits per heavy atom. The Bertz CT molecular complexity index is 781. The summed E-state index contributed by atoms with van der Waals surface area (Å²) in [5.41, 5.74) is 7.10. The van der Waals surface area contributed by atoms with E-state index in [0.29, 0.717) is 0 Å². The smallest absolute Gasteiger partial charge is 0.182 e. The first-order valence-electron chi connectivity index (χ1n) is 7.64. The molecule has 0 saturated heterocycles. The van der Waals surface area contributed by atoms with Crippen molar-refractivity contribution in [2.24, 2.45) is 11.1 Å². The van der Waals surface area contributed by atoms with Gasteiger partial charge in [-0.25, -0.2) is 8.42 Å². The summed E-state index contributed by atoms with van der Waals surface area (Å²) in [7, 11) is -3.55. The van der Waals surface area contributed by atoms with Crippen LogP contribution in [0.25, 0.3) is 0 Å². The molecule has 3 N–H and O–H groups in total. The van der Waals surface area contributed by atoms with Crippen LogP contribution in [0.5, 0.6) is 0 Å². The number of benzene rings is 2. The molecule has 0 aromatic heterocycles. The van der Waals surface area contributed by atoms with E-state index < -0.39 is 20.5 Å². The lowest BCUT2D eigenvalue weighted by atomic mass is 9.99. The summed E-state index contributed by atoms with van der Waals surface area (Å²) < 4.78 is 26.0. The molecule has 0 aliphatic heterocycles. The molecule has 5 heteroatoms. The van der Waals surface area contributed by atoms with Crippen LogP contribution in [0.1, 0.15) is 17.0 Å². The fourth-order valence-electron chi connectivity index (χ4n) is 3.47. The molecule has 3 rings (SSSR count). The summed E-state index contributed by atoms with van der Waals surface area (Å²) in [6.45, 7) is 1.88. The number of nitrogens with two attached hydrogens (primary N) is 1. The summed E-state index contributed by atoms with van der Waals surface area (Å²) in [5, 5.41) is 9.19. The van der Waals surface area contributed by atoms with Gasteiger partial charge in [-0.15, -0.1) is 0 Å². The number of hydrogen-bond donors (Lipinski definition) is 2. The third-order valence-electron chi connectivity index (χ3n) is 4.90. The monoisotopic (exact) mass is 331 g/mol. The highest BCUT2D eigenvalue weighted by molar-refractivity contribution is 7.92. The van der Waals surface area contributed by atoms with Gasteiger partial charge in [0.2, 0.25) is 0 Å². The van der Waals surface area contributed by atoms with Gasteiger partial charge in [0.1, 0.15) is 0 Å². The van der Waals surface area contributed by atoms with Gasteiger partial charge in [-0.1, -0.05) is 48.0 Å². The average Bonchev–Trinajstić information content (AvgIpc) is 3.27. The topological polar surface area (TPSA) is 80.4 Å². The van der Waals surface area contributed by atoms with Crippen molar-refractivity contribution in [3.63, 3.8) is 0 Å². The van der Waals surface area contributed by atoms with E-state index in [1.807, 2.05) is 31.2 Å². The maximum Gasteiger partial charge on any atom is 0.182 e. The molecular weight excluding hydrogens is 310 g/mol. The van der Waals surface area contributed by atoms with Gasteiger partial charge in [-0.2, -0.15) is 0 Å². The van der Waals surface area contributed by atoms with Gasteiger partial charge in [0.25, 0.3) is 0 Å². The van der Waals surface area contributed by atoms with Gasteiger partial charge >= 0.3 is 0 Å². The van der Waals surface area contributed by atoms with Crippen LogP contribution in [-0.2, 0) is 9.84 Å². The van der Waals surface area contributed by atoms with Gasteiger partial charge < -0.3 is 10.8 Å². The molecule has 23 heavy (non-hydrogen) atoms. The van der Waals surface area contributed by atoms with Crippen LogP contribution in [0, 0.1) is 12.3 Å². The van der Waals surface area contributed by atoms with E-state index in [1.54, 1.807) is 30.3 Å². The zero-order chi connectivity index (χ0) is 16.7. The Balaban J connectivity index is 2.05. The summed E-state index contributed by atoms with van der Waals surface area (Å²) in [6, 6.07) is 16.2. The normalized spacial score (nSPS) is 26.9. The molecule has 2 aromatic carbocycles. The third kappa shape index (κ3) is 2.49. The van der Waals surface area contributed by atoms with Crippen molar-refractivity contribution in [1.29, 1.82) is 0 Å². The van der Waals surface area contributed by atoms with E-state index in [1.165, 1.54) is 0 Å². The molecule has 1 aliphatic rings. The number of hydrogen-bond acceptors (Lipinski definition) is 4. The van der Waals surface area contributed by atoms with Crippen molar-refractivity contribution >= 4 is 9.84 Å². The number of sulfone groups is 1. The van der Waals surface area contributed by atoms with Gasteiger partial charge in [0, 0.05) is 17.9 Å². The molecule has 0 unspecified atom stereocenters. The molecular formula is C18H21NO3S. The second-order valence-electron chi connectivity index (χ2n) is 6.26. The molecule has 1 fully saturated rings. The van der Waals surface area contributed by atoms with Gasteiger partial charge in [-0.3, -0.25) is 0 Å². The quantitative estimate of drug-likeness (QED) is 0.876. The largest absolute Gasteiger partial charge is 0.396 e. The van der Waals surface area contributed by atoms with Crippen LogP contribution in [0.15, 0.2) is 59.5 Å². The molecule has 2 aromatic rings. The Morgan fingerprint density at radius 2 is 1.70 bits per heavy atom. The van der Waals surface area contributed by atoms with E-state index in [9.17, 15) is 13.5 Å². The predicted octanol–water partition coefficient (Wildman–Crippen LogP) is 1.87. The SMILES string of the molecule is Cc1ccc([C@@H]2[C@H](S(=O)(=O)c3ccccc3)[C@]2(CN)CO)cc1. The number of aliphatic hydroxyl groups excluding tert-OH is 1. The van der Waals surface area contributed by atoms with Crippen LogP contribution in [0.2, 0.25) is 0 Å². The van der Waals surface area contributed by atoms with Crippen LogP contribution in [0.3, 0.4) is 0 Å². The number of aliphatic hydroxyl groups is 1. The predicted molar refractivity (Wildman–Crippen MR) is 89.9 cm³/mol. The van der Waals surface area contributed by atoms with E-state index in [-0.39, 0.29) is 24.0 Å². The van der Waals surface area contributed by atoms with E-state index in [2.05, 4.69) is 0 Å². The molecule has 0 radical (unpaired) electrons. The molecule has 0 amide bonds. The minimum absolute atomic E-state index is 0.138. The molecule has 1 aliphatic carbocycles. The first-order valence-corrected chi connectivity index (χ1v) is 9.18. The molecule has 3 atom stereocenters. The maximum atomic E-state index is 13.0. The average molecular weight is 331 g/mol. The first kappa shape index (κ1) is 16.2. The van der Waals surface area contributed by atoms with E-state index >= 15 is 0 Å². The van der Waals surface area contributed by atoms with Crippen LogP contribution in [-0.4, -0.2) is 31.9 Å². The highest BCUT2D eigenvalue weighted by Crippen LogP contribution is 2.63. The van der Waals surface area contributed by atoms with E-state index in [0.717, 1.165) is 11.1 Å². The molecule has 122 valence electrons. The Morgan fingerprint density at radius 1 is 1.09 bits per heavy atom. The fraction of sp³-hybridized carbons (Fsp3) is 0.333. The second-order valence-corrected chi connectivity index (χ2v) is 8.33. The zero-order valence-electron chi connectivity index (χ0n) is 13.0. The highest BCUT2D eigenvalue weighted by Gasteiger charge is 2.70. The summed E-state index contributed by atoms with van der Waals surface area (Å²) in [4.78, 5) is 0.283. The van der Waals surface area contributed by atoms with Crippen molar-refractivity contribution in [1.82, 2.24) is 0 Å². The molecule has 0 heterocycles.